The van der Waals surface area contributed by atoms with E-state index in [4.69, 9.17) is 0 Å². The molecule has 2 bridgehead atoms. The topological polar surface area (TPSA) is 87.0 Å². The Morgan fingerprint density at radius 1 is 1.11 bits per heavy atom. The lowest BCUT2D eigenvalue weighted by molar-refractivity contribution is 0.169. The highest BCUT2D eigenvalue weighted by Gasteiger charge is 2.64. The molecule has 0 amide bonds. The number of likely N-dealkylation sites (N-methyl/N-ethyl adjacent to an activating group) is 1. The van der Waals surface area contributed by atoms with Gasteiger partial charge in [0.15, 0.2) is 0 Å². The van der Waals surface area contributed by atoms with Crippen LogP contribution in [0, 0.1) is 28.4 Å². The van der Waals surface area contributed by atoms with E-state index in [0.29, 0.717) is 5.69 Å². The van der Waals surface area contributed by atoms with Crippen molar-refractivity contribution in [3.05, 3.63) is 77.0 Å². The molecule has 2 aliphatic rings. The number of sulfonamides is 1. The zero-order chi connectivity index (χ0) is 25.9. The molecule has 36 heavy (non-hydrogen) atoms. The standard InChI is InChI=1S/C27H26F2N4O2S/c1-4-33(36(34,35)18-8-5-7-17(13-18)15-30)16-27-12-11-20(26(27,2)3)19-14-23(31-32-25(19)27)24-21(28)9-6-10-22(24)29/h5-10,13-14,20H,4,11-12,16H2,1-3H3/t20-,27-/m0/s1. The molecule has 9 heteroatoms. The Morgan fingerprint density at radius 2 is 1.81 bits per heavy atom. The number of rotatable bonds is 6. The van der Waals surface area contributed by atoms with Crippen LogP contribution in [-0.4, -0.2) is 36.0 Å². The molecule has 0 unspecified atom stereocenters. The Labute approximate surface area is 209 Å². The van der Waals surface area contributed by atoms with Gasteiger partial charge in [0.25, 0.3) is 0 Å². The van der Waals surface area contributed by atoms with Crippen LogP contribution in [0.25, 0.3) is 11.3 Å². The number of nitriles is 1. The van der Waals surface area contributed by atoms with Crippen LogP contribution in [0.1, 0.15) is 56.4 Å². The van der Waals surface area contributed by atoms with Crippen molar-refractivity contribution in [3.63, 3.8) is 0 Å². The number of benzene rings is 2. The Hall–Kier alpha value is -3.22. The molecule has 2 aromatic carbocycles. The number of halogens is 2. The summed E-state index contributed by atoms with van der Waals surface area (Å²) in [6.07, 6.45) is 1.54. The SMILES string of the molecule is CCN(C[C@@]12CC[C@@H](c3cc(-c4c(F)cccc4F)nnc31)C2(C)C)S(=O)(=O)c1cccc(C#N)c1. The van der Waals surface area contributed by atoms with E-state index in [1.807, 2.05) is 6.07 Å². The number of fused-ring (bicyclic) bond motifs is 5. The van der Waals surface area contributed by atoms with Crippen LogP contribution in [0.5, 0.6) is 0 Å². The zero-order valence-corrected chi connectivity index (χ0v) is 21.1. The fourth-order valence-electron chi connectivity index (χ4n) is 6.18. The summed E-state index contributed by atoms with van der Waals surface area (Å²) in [7, 11) is -3.88. The summed E-state index contributed by atoms with van der Waals surface area (Å²) < 4.78 is 57.6. The van der Waals surface area contributed by atoms with Gasteiger partial charge in [-0.05, 0) is 66.1 Å². The normalized spacial score (nSPS) is 22.0. The minimum absolute atomic E-state index is 0.0555. The predicted molar refractivity (Wildman–Crippen MR) is 130 cm³/mol. The van der Waals surface area contributed by atoms with Crippen LogP contribution in [0.15, 0.2) is 53.4 Å². The van der Waals surface area contributed by atoms with E-state index in [2.05, 4.69) is 24.0 Å². The summed E-state index contributed by atoms with van der Waals surface area (Å²) in [5.74, 6) is -1.35. The molecule has 1 saturated carbocycles. The molecule has 0 saturated heterocycles. The van der Waals surface area contributed by atoms with Crippen LogP contribution in [0.3, 0.4) is 0 Å². The highest BCUT2D eigenvalue weighted by molar-refractivity contribution is 7.89. The maximum atomic E-state index is 14.5. The number of hydrogen-bond donors (Lipinski definition) is 0. The van der Waals surface area contributed by atoms with Crippen LogP contribution < -0.4 is 0 Å². The second-order valence-corrected chi connectivity index (χ2v) is 12.0. The highest BCUT2D eigenvalue weighted by Crippen LogP contribution is 2.67. The van der Waals surface area contributed by atoms with Crippen molar-refractivity contribution < 1.29 is 17.2 Å². The Kier molecular flexibility index (Phi) is 5.73. The smallest absolute Gasteiger partial charge is 0.207 e. The Morgan fingerprint density at radius 3 is 2.47 bits per heavy atom. The average molecular weight is 509 g/mol. The maximum Gasteiger partial charge on any atom is 0.243 e. The Bertz CT molecular complexity index is 1500. The van der Waals surface area contributed by atoms with Gasteiger partial charge >= 0.3 is 0 Å². The molecule has 0 radical (unpaired) electrons. The van der Waals surface area contributed by atoms with Crippen LogP contribution >= 0.6 is 0 Å². The summed E-state index contributed by atoms with van der Waals surface area (Å²) in [4.78, 5) is 0.0711. The van der Waals surface area contributed by atoms with Crippen molar-refractivity contribution in [2.24, 2.45) is 5.41 Å². The first-order valence-electron chi connectivity index (χ1n) is 11.9. The summed E-state index contributed by atoms with van der Waals surface area (Å²) in [5, 5.41) is 17.9. The number of nitrogens with zero attached hydrogens (tertiary/aromatic N) is 4. The van der Waals surface area contributed by atoms with E-state index in [9.17, 15) is 22.5 Å². The molecule has 5 rings (SSSR count). The lowest BCUT2D eigenvalue weighted by Crippen LogP contribution is -2.48. The van der Waals surface area contributed by atoms with E-state index < -0.39 is 27.1 Å². The van der Waals surface area contributed by atoms with Crippen molar-refractivity contribution in [2.45, 2.75) is 49.8 Å². The summed E-state index contributed by atoms with van der Waals surface area (Å²) in [5.41, 5.74) is 0.809. The molecule has 0 spiro atoms. The summed E-state index contributed by atoms with van der Waals surface area (Å²) in [6.45, 7) is 6.43. The fraction of sp³-hybridized carbons (Fsp3) is 0.370. The summed E-state index contributed by atoms with van der Waals surface area (Å²) in [6, 6.07) is 13.4. The monoisotopic (exact) mass is 508 g/mol. The van der Waals surface area contributed by atoms with Gasteiger partial charge in [0.05, 0.1) is 33.5 Å². The minimum atomic E-state index is -3.88. The van der Waals surface area contributed by atoms with Crippen LogP contribution in [-0.2, 0) is 15.4 Å². The van der Waals surface area contributed by atoms with Gasteiger partial charge in [0, 0.05) is 18.5 Å². The van der Waals surface area contributed by atoms with Crippen LogP contribution in [0.4, 0.5) is 8.78 Å². The molecule has 0 N–H and O–H groups in total. The van der Waals surface area contributed by atoms with E-state index in [-0.39, 0.29) is 46.1 Å². The maximum absolute atomic E-state index is 14.5. The van der Waals surface area contributed by atoms with Gasteiger partial charge in [0.2, 0.25) is 10.0 Å². The van der Waals surface area contributed by atoms with Crippen molar-refractivity contribution >= 4 is 10.0 Å². The van der Waals surface area contributed by atoms with Crippen molar-refractivity contribution in [2.75, 3.05) is 13.1 Å². The molecule has 0 aliphatic heterocycles. The molecule has 3 aromatic rings. The third-order valence-electron chi connectivity index (χ3n) is 8.24. The van der Waals surface area contributed by atoms with Crippen molar-refractivity contribution in [1.29, 1.82) is 5.26 Å². The van der Waals surface area contributed by atoms with Gasteiger partial charge in [-0.2, -0.15) is 19.8 Å². The molecule has 1 aromatic heterocycles. The van der Waals surface area contributed by atoms with Gasteiger partial charge in [-0.15, -0.1) is 0 Å². The van der Waals surface area contributed by atoms with E-state index in [1.54, 1.807) is 25.1 Å². The van der Waals surface area contributed by atoms with Crippen molar-refractivity contribution in [3.8, 4) is 17.3 Å². The van der Waals surface area contributed by atoms with Gasteiger partial charge in [-0.25, -0.2) is 17.2 Å². The second kappa shape index (κ2) is 8.43. The first-order valence-corrected chi connectivity index (χ1v) is 13.3. The first-order chi connectivity index (χ1) is 17.1. The van der Waals surface area contributed by atoms with Crippen molar-refractivity contribution in [1.82, 2.24) is 14.5 Å². The van der Waals surface area contributed by atoms with E-state index in [1.165, 1.54) is 34.6 Å². The third kappa shape index (κ3) is 3.39. The van der Waals surface area contributed by atoms with E-state index in [0.717, 1.165) is 18.4 Å². The Balaban J connectivity index is 1.59. The molecular weight excluding hydrogens is 482 g/mol. The van der Waals surface area contributed by atoms with Gasteiger partial charge in [-0.3, -0.25) is 0 Å². The lowest BCUT2D eigenvalue weighted by atomic mass is 9.68. The number of aromatic nitrogens is 2. The van der Waals surface area contributed by atoms with E-state index >= 15 is 0 Å². The minimum Gasteiger partial charge on any atom is -0.207 e. The van der Waals surface area contributed by atoms with Gasteiger partial charge in [-0.1, -0.05) is 32.9 Å². The predicted octanol–water partition coefficient (Wildman–Crippen LogP) is 5.16. The molecule has 2 atom stereocenters. The first kappa shape index (κ1) is 24.5. The van der Waals surface area contributed by atoms with Gasteiger partial charge in [0.1, 0.15) is 11.6 Å². The molecule has 186 valence electrons. The zero-order valence-electron chi connectivity index (χ0n) is 20.3. The lowest BCUT2D eigenvalue weighted by Gasteiger charge is -2.41. The fourth-order valence-corrected chi connectivity index (χ4v) is 7.74. The third-order valence-corrected chi connectivity index (χ3v) is 10.2. The highest BCUT2D eigenvalue weighted by atomic mass is 32.2. The number of hydrogen-bond acceptors (Lipinski definition) is 5. The molecule has 2 aliphatic carbocycles. The van der Waals surface area contributed by atoms with Gasteiger partial charge < -0.3 is 0 Å². The second-order valence-electron chi connectivity index (χ2n) is 10.1. The quantitative estimate of drug-likeness (QED) is 0.459. The average Bonchev–Trinajstić information content (AvgIpc) is 3.22. The molecular formula is C27H26F2N4O2S. The van der Waals surface area contributed by atoms with Crippen LogP contribution in [0.2, 0.25) is 0 Å². The molecule has 1 fully saturated rings. The molecule has 1 heterocycles. The largest absolute Gasteiger partial charge is 0.243 e. The molecule has 6 nitrogen and oxygen atoms in total. The summed E-state index contributed by atoms with van der Waals surface area (Å²) >= 11 is 0.